The second kappa shape index (κ2) is 13.4. The van der Waals surface area contributed by atoms with E-state index in [-0.39, 0.29) is 16.2 Å². The largest absolute Gasteiger partial charge is 0.496 e. The van der Waals surface area contributed by atoms with Gasteiger partial charge in [0.1, 0.15) is 0 Å². The van der Waals surface area contributed by atoms with Crippen LogP contribution in [0.1, 0.15) is 107 Å². The van der Waals surface area contributed by atoms with E-state index in [0.717, 1.165) is 10.8 Å². The molecule has 0 radical (unpaired) electrons. The molecule has 290 valence electrons. The topological polar surface area (TPSA) is 18.5 Å². The fourth-order valence-corrected chi connectivity index (χ4v) is 8.68. The molecule has 0 N–H and O–H groups in total. The van der Waals surface area contributed by atoms with E-state index >= 15 is 0 Å². The monoisotopic (exact) mass is 750 g/mol. The molecule has 0 amide bonds. The van der Waals surface area contributed by atoms with Gasteiger partial charge in [0.2, 0.25) is 0 Å². The molecule has 1 aliphatic heterocycles. The molecule has 1 aliphatic rings. The van der Waals surface area contributed by atoms with Crippen LogP contribution in [0.25, 0.3) is 65.7 Å². The Morgan fingerprint density at radius 3 is 0.965 bits per heavy atom. The first-order chi connectivity index (χ1) is 26.7. The average molecular weight is 751 g/mol. The molecule has 8 rings (SSSR count). The van der Waals surface area contributed by atoms with Gasteiger partial charge in [-0.25, -0.2) is 0 Å². The molecular weight excluding hydrogens is 691 g/mol. The van der Waals surface area contributed by atoms with E-state index in [2.05, 4.69) is 211 Å². The van der Waals surface area contributed by atoms with E-state index in [1.165, 1.54) is 77.0 Å². The Kier molecular flexibility index (Phi) is 9.23. The molecule has 0 saturated carbocycles. The highest BCUT2D eigenvalue weighted by Crippen LogP contribution is 2.50. The zero-order valence-corrected chi connectivity index (χ0v) is 36.4. The quantitative estimate of drug-likeness (QED) is 0.132. The minimum Gasteiger partial charge on any atom is -0.399 e. The normalized spacial score (nSPS) is 15.9. The fourth-order valence-electron chi connectivity index (χ4n) is 8.68. The van der Waals surface area contributed by atoms with Crippen molar-refractivity contribution in [2.45, 2.75) is 117 Å². The van der Waals surface area contributed by atoms with Gasteiger partial charge in [-0.15, -0.1) is 0 Å². The van der Waals surface area contributed by atoms with Crippen LogP contribution >= 0.6 is 0 Å². The minimum absolute atomic E-state index is 0.0299. The van der Waals surface area contributed by atoms with Crippen LogP contribution in [0.15, 0.2) is 121 Å². The summed E-state index contributed by atoms with van der Waals surface area (Å²) in [5.41, 5.74) is 11.3. The highest BCUT2D eigenvalue weighted by atomic mass is 16.7. The summed E-state index contributed by atoms with van der Waals surface area (Å²) < 4.78 is 14.2. The first-order valence-corrected chi connectivity index (χ1v) is 20.8. The summed E-state index contributed by atoms with van der Waals surface area (Å²) in [6.45, 7) is 29.2. The minimum atomic E-state index is -0.593. The van der Waals surface area contributed by atoms with E-state index in [1.807, 2.05) is 0 Å². The molecule has 7 aromatic carbocycles. The maximum absolute atomic E-state index is 7.11. The summed E-state index contributed by atoms with van der Waals surface area (Å²) >= 11 is 0. The van der Waals surface area contributed by atoms with Gasteiger partial charge in [-0.3, -0.25) is 0 Å². The fraction of sp³-hybridized carbons (Fsp3) is 0.333. The molecule has 1 heterocycles. The van der Waals surface area contributed by atoms with Gasteiger partial charge in [0.05, 0.1) is 11.2 Å². The van der Waals surface area contributed by atoms with E-state index < -0.39 is 18.3 Å². The molecule has 0 spiro atoms. The molecule has 1 fully saturated rings. The third kappa shape index (κ3) is 6.71. The molecule has 2 nitrogen and oxygen atoms in total. The smallest absolute Gasteiger partial charge is 0.399 e. The molecule has 3 heteroatoms. The number of fused-ring (bicyclic) bond motifs is 3. The van der Waals surface area contributed by atoms with Crippen LogP contribution in [0.4, 0.5) is 0 Å². The van der Waals surface area contributed by atoms with Gasteiger partial charge < -0.3 is 9.31 Å². The van der Waals surface area contributed by atoms with Gasteiger partial charge in [-0.05, 0) is 132 Å². The van der Waals surface area contributed by atoms with Crippen LogP contribution in [-0.4, -0.2) is 18.3 Å². The summed E-state index contributed by atoms with van der Waals surface area (Å²) in [5.74, 6) is 0. The van der Waals surface area contributed by atoms with Crippen molar-refractivity contribution in [2.24, 2.45) is 0 Å². The Labute approximate surface area is 341 Å². The second-order valence-corrected chi connectivity index (χ2v) is 20.5. The molecule has 0 aliphatic carbocycles. The molecule has 7 aromatic rings. The molecule has 0 unspecified atom stereocenters. The van der Waals surface area contributed by atoms with Crippen LogP contribution in [0, 0.1) is 0 Å². The zero-order chi connectivity index (χ0) is 40.9. The molecule has 0 bridgehead atoms. The molecule has 0 atom stereocenters. The number of hydrogen-bond donors (Lipinski definition) is 0. The summed E-state index contributed by atoms with van der Waals surface area (Å²) in [4.78, 5) is 0. The lowest BCUT2D eigenvalue weighted by atomic mass is 9.68. The van der Waals surface area contributed by atoms with Crippen molar-refractivity contribution in [3.05, 3.63) is 138 Å². The third-order valence-corrected chi connectivity index (χ3v) is 12.8. The van der Waals surface area contributed by atoms with Crippen molar-refractivity contribution in [3.63, 3.8) is 0 Å². The Bertz CT molecular complexity index is 2560. The lowest BCUT2D eigenvalue weighted by Gasteiger charge is -2.32. The SMILES string of the molecule is CC(C)(C)c1ccc(-c2c3ccccc3c(-c3ccc(C(C)(C)C)cc3)c3c(-c4ccc(C(C)(C)C)cc4)c4ccccc4c(B4OC(C)(C)C(C)(C)O4)c23)cc1. The molecule has 1 saturated heterocycles. The first-order valence-electron chi connectivity index (χ1n) is 20.8. The predicted octanol–water partition coefficient (Wildman–Crippen LogP) is 14.3. The first kappa shape index (κ1) is 39.1. The van der Waals surface area contributed by atoms with Gasteiger partial charge in [0, 0.05) is 0 Å². The number of benzene rings is 7. The molecule has 0 aromatic heterocycles. The van der Waals surface area contributed by atoms with Gasteiger partial charge in [0.25, 0.3) is 0 Å². The van der Waals surface area contributed by atoms with Crippen LogP contribution < -0.4 is 5.46 Å². The van der Waals surface area contributed by atoms with Crippen molar-refractivity contribution in [3.8, 4) is 33.4 Å². The van der Waals surface area contributed by atoms with Crippen LogP contribution in [0.2, 0.25) is 0 Å². The lowest BCUT2D eigenvalue weighted by molar-refractivity contribution is 0.00578. The highest BCUT2D eigenvalue weighted by molar-refractivity contribution is 6.70. The van der Waals surface area contributed by atoms with E-state index in [0.29, 0.717) is 0 Å². The summed E-state index contributed by atoms with van der Waals surface area (Å²) in [6.07, 6.45) is 0. The Morgan fingerprint density at radius 1 is 0.368 bits per heavy atom. The Morgan fingerprint density at radius 2 is 0.649 bits per heavy atom. The maximum Gasteiger partial charge on any atom is 0.496 e. The van der Waals surface area contributed by atoms with Crippen LogP contribution in [0.3, 0.4) is 0 Å². The zero-order valence-electron chi connectivity index (χ0n) is 36.4. The summed E-state index contributed by atoms with van der Waals surface area (Å²) in [6, 6.07) is 45.9. The number of rotatable bonds is 4. The van der Waals surface area contributed by atoms with Gasteiger partial charge in [-0.1, -0.05) is 184 Å². The van der Waals surface area contributed by atoms with Gasteiger partial charge in [0.15, 0.2) is 0 Å². The summed E-state index contributed by atoms with van der Waals surface area (Å²) in [5, 5.41) is 7.18. The van der Waals surface area contributed by atoms with E-state index in [1.54, 1.807) is 0 Å². The molecule has 57 heavy (non-hydrogen) atoms. The van der Waals surface area contributed by atoms with Crippen LogP contribution in [-0.2, 0) is 25.6 Å². The maximum atomic E-state index is 7.11. The average Bonchev–Trinajstić information content (AvgIpc) is 3.37. The van der Waals surface area contributed by atoms with E-state index in [9.17, 15) is 0 Å². The van der Waals surface area contributed by atoms with Crippen molar-refractivity contribution in [2.75, 3.05) is 0 Å². The van der Waals surface area contributed by atoms with E-state index in [4.69, 9.17) is 9.31 Å². The van der Waals surface area contributed by atoms with Gasteiger partial charge >= 0.3 is 7.12 Å². The van der Waals surface area contributed by atoms with Crippen molar-refractivity contribution >= 4 is 44.9 Å². The standard InChI is InChI=1S/C54H59BO2/c1-50(2,3)37-28-22-34(23-29-37)44-40-18-14-15-19-41(40)46(36-26-32-39(33-27-36)52(7,8)9)48-47(44)45(35-24-30-38(31-25-35)51(4,5)6)42-20-16-17-21-43(42)49(48)55-56-53(10,11)54(12,13)57-55/h14-33H,1-13H3. The highest BCUT2D eigenvalue weighted by Gasteiger charge is 2.53. The third-order valence-electron chi connectivity index (χ3n) is 12.8. The van der Waals surface area contributed by atoms with Crippen molar-refractivity contribution in [1.29, 1.82) is 0 Å². The lowest BCUT2D eigenvalue weighted by Crippen LogP contribution is -2.41. The van der Waals surface area contributed by atoms with Gasteiger partial charge in [-0.2, -0.15) is 0 Å². The second-order valence-electron chi connectivity index (χ2n) is 20.5. The molecular formula is C54H59BO2. The number of hydrogen-bond acceptors (Lipinski definition) is 2. The van der Waals surface area contributed by atoms with Crippen molar-refractivity contribution in [1.82, 2.24) is 0 Å². The predicted molar refractivity (Wildman–Crippen MR) is 247 cm³/mol. The Balaban J connectivity index is 1.64. The summed E-state index contributed by atoms with van der Waals surface area (Å²) in [7, 11) is -0.593. The Hall–Kier alpha value is -4.70. The van der Waals surface area contributed by atoms with Crippen molar-refractivity contribution < 1.29 is 9.31 Å². The van der Waals surface area contributed by atoms with Crippen LogP contribution in [0.5, 0.6) is 0 Å².